The standard InChI is InChI=1S/C19H42N4/c1-9-17-16-22(11-3,12-4)19(21(17)8)20(7)15-18(10-2)23(19,13-5)14-6/h17-18H,9-16H2,1-8H3/q+2. The Balaban J connectivity index is 2.74. The van der Waals surface area contributed by atoms with Crippen LogP contribution in [0.2, 0.25) is 0 Å². The Morgan fingerprint density at radius 3 is 1.83 bits per heavy atom. The molecule has 3 atom stereocenters. The van der Waals surface area contributed by atoms with Crippen molar-refractivity contribution < 1.29 is 8.97 Å². The molecule has 4 heteroatoms. The third-order valence-electron chi connectivity index (χ3n) is 7.79. The van der Waals surface area contributed by atoms with Crippen LogP contribution in [0.5, 0.6) is 0 Å². The first-order valence-corrected chi connectivity index (χ1v) is 10.1. The molecule has 0 radical (unpaired) electrons. The van der Waals surface area contributed by atoms with Gasteiger partial charge in [0.1, 0.15) is 12.6 Å². The molecule has 2 saturated heterocycles. The van der Waals surface area contributed by atoms with Gasteiger partial charge in [0.25, 0.3) is 0 Å². The molecule has 136 valence electrons. The van der Waals surface area contributed by atoms with Crippen molar-refractivity contribution >= 4 is 0 Å². The molecule has 23 heavy (non-hydrogen) atoms. The number of nitrogens with zero attached hydrogens (tertiary/aromatic N) is 4. The number of quaternary nitrogens is 2. The highest BCUT2D eigenvalue weighted by molar-refractivity contribution is 4.92. The molecular weight excluding hydrogens is 284 g/mol. The van der Waals surface area contributed by atoms with Crippen molar-refractivity contribution in [3.05, 3.63) is 0 Å². The van der Waals surface area contributed by atoms with E-state index in [-0.39, 0.29) is 5.91 Å². The van der Waals surface area contributed by atoms with Crippen molar-refractivity contribution in [3.63, 3.8) is 0 Å². The van der Waals surface area contributed by atoms with Crippen LogP contribution in [-0.2, 0) is 0 Å². The van der Waals surface area contributed by atoms with Gasteiger partial charge < -0.3 is 0 Å². The summed E-state index contributed by atoms with van der Waals surface area (Å²) in [6, 6.07) is 1.45. The third kappa shape index (κ3) is 2.04. The molecule has 0 bridgehead atoms. The summed E-state index contributed by atoms with van der Waals surface area (Å²) < 4.78 is 2.48. The van der Waals surface area contributed by atoms with Crippen molar-refractivity contribution in [2.45, 2.75) is 72.4 Å². The van der Waals surface area contributed by atoms with Gasteiger partial charge in [0.05, 0.1) is 38.8 Å². The van der Waals surface area contributed by atoms with E-state index in [4.69, 9.17) is 0 Å². The van der Waals surface area contributed by atoms with E-state index >= 15 is 0 Å². The molecule has 2 rings (SSSR count). The molecule has 0 aromatic rings. The predicted molar refractivity (Wildman–Crippen MR) is 98.8 cm³/mol. The van der Waals surface area contributed by atoms with Gasteiger partial charge in [0, 0.05) is 14.1 Å². The van der Waals surface area contributed by atoms with E-state index in [1.54, 1.807) is 0 Å². The molecule has 0 N–H and O–H groups in total. The Kier molecular flexibility index (Phi) is 5.52. The zero-order valence-electron chi connectivity index (χ0n) is 17.1. The van der Waals surface area contributed by atoms with Crippen molar-refractivity contribution in [2.24, 2.45) is 0 Å². The maximum absolute atomic E-state index is 2.79. The van der Waals surface area contributed by atoms with Gasteiger partial charge in [-0.1, -0.05) is 13.8 Å². The molecule has 2 fully saturated rings. The van der Waals surface area contributed by atoms with Crippen LogP contribution in [0.3, 0.4) is 0 Å². The first-order chi connectivity index (χ1) is 10.9. The van der Waals surface area contributed by atoms with Crippen molar-refractivity contribution in [2.75, 3.05) is 53.4 Å². The van der Waals surface area contributed by atoms with E-state index in [1.165, 1.54) is 61.1 Å². The summed E-state index contributed by atoms with van der Waals surface area (Å²) in [7, 11) is 4.83. The van der Waals surface area contributed by atoms with Crippen LogP contribution >= 0.6 is 0 Å². The SMILES string of the molecule is CCC1C[N+](CC)(CC)C2(N(C)CC(CC)[N+]2(CC)CC)N1C. The van der Waals surface area contributed by atoms with Crippen LogP contribution in [0, 0.1) is 0 Å². The number of hydrogen-bond acceptors (Lipinski definition) is 2. The van der Waals surface area contributed by atoms with E-state index in [1.807, 2.05) is 0 Å². The maximum Gasteiger partial charge on any atom is 0.356 e. The van der Waals surface area contributed by atoms with Crippen LogP contribution in [0.15, 0.2) is 0 Å². The monoisotopic (exact) mass is 326 g/mol. The minimum absolute atomic E-state index is 0.119. The molecule has 2 aliphatic rings. The summed E-state index contributed by atoms with van der Waals surface area (Å²) >= 11 is 0. The lowest BCUT2D eigenvalue weighted by Crippen LogP contribution is -2.83. The van der Waals surface area contributed by atoms with E-state index < -0.39 is 0 Å². The summed E-state index contributed by atoms with van der Waals surface area (Å²) in [5.74, 6) is 0.119. The molecular formula is C19H42N4+2. The lowest BCUT2D eigenvalue weighted by atomic mass is 10.1. The second-order valence-corrected chi connectivity index (χ2v) is 7.84. The molecule has 0 aromatic heterocycles. The van der Waals surface area contributed by atoms with Gasteiger partial charge in [0.15, 0.2) is 0 Å². The Morgan fingerprint density at radius 2 is 1.43 bits per heavy atom. The molecule has 0 aliphatic carbocycles. The zero-order valence-corrected chi connectivity index (χ0v) is 17.1. The van der Waals surface area contributed by atoms with Gasteiger partial charge in [-0.25, -0.2) is 8.97 Å². The van der Waals surface area contributed by atoms with Crippen molar-refractivity contribution in [3.8, 4) is 0 Å². The quantitative estimate of drug-likeness (QED) is 0.693. The molecule has 0 aromatic carbocycles. The summed E-state index contributed by atoms with van der Waals surface area (Å²) in [6.07, 6.45) is 2.54. The van der Waals surface area contributed by atoms with E-state index in [0.717, 1.165) is 6.04 Å². The number of likely N-dealkylation sites (N-methyl/N-ethyl adjacent to an activating group) is 4. The van der Waals surface area contributed by atoms with Gasteiger partial charge in [0.2, 0.25) is 0 Å². The second-order valence-electron chi connectivity index (χ2n) is 7.84. The smallest absolute Gasteiger partial charge is 0.242 e. The number of rotatable bonds is 6. The minimum atomic E-state index is 0.119. The first-order valence-electron chi connectivity index (χ1n) is 10.1. The highest BCUT2D eigenvalue weighted by Gasteiger charge is 2.78. The summed E-state index contributed by atoms with van der Waals surface area (Å²) in [4.78, 5) is 5.54. The predicted octanol–water partition coefficient (Wildman–Crippen LogP) is 2.76. The van der Waals surface area contributed by atoms with Crippen LogP contribution in [0.4, 0.5) is 0 Å². The fraction of sp³-hybridized carbons (Fsp3) is 1.00. The topological polar surface area (TPSA) is 6.48 Å². The van der Waals surface area contributed by atoms with Crippen molar-refractivity contribution in [1.29, 1.82) is 0 Å². The van der Waals surface area contributed by atoms with Crippen LogP contribution in [0.25, 0.3) is 0 Å². The fourth-order valence-electron chi connectivity index (χ4n) is 6.73. The first kappa shape index (κ1) is 19.2. The largest absolute Gasteiger partial charge is 0.356 e. The molecule has 0 amide bonds. The minimum Gasteiger partial charge on any atom is -0.242 e. The van der Waals surface area contributed by atoms with Gasteiger partial charge in [-0.05, 0) is 40.5 Å². The van der Waals surface area contributed by atoms with Crippen LogP contribution in [0.1, 0.15) is 54.4 Å². The zero-order chi connectivity index (χ0) is 17.5. The van der Waals surface area contributed by atoms with Gasteiger partial charge in [-0.15, -0.1) is 0 Å². The van der Waals surface area contributed by atoms with E-state index in [9.17, 15) is 0 Å². The Labute approximate surface area is 145 Å². The summed E-state index contributed by atoms with van der Waals surface area (Å²) in [6.45, 7) is 22.0. The van der Waals surface area contributed by atoms with Crippen LogP contribution in [-0.4, -0.2) is 90.1 Å². The third-order valence-corrected chi connectivity index (χ3v) is 7.79. The number of hydrogen-bond donors (Lipinski definition) is 0. The molecule has 2 aliphatic heterocycles. The van der Waals surface area contributed by atoms with E-state index in [0.29, 0.717) is 6.04 Å². The van der Waals surface area contributed by atoms with Crippen LogP contribution < -0.4 is 0 Å². The lowest BCUT2D eigenvalue weighted by molar-refractivity contribution is -1.18. The van der Waals surface area contributed by atoms with E-state index in [2.05, 4.69) is 65.4 Å². The molecule has 0 saturated carbocycles. The Bertz CT molecular complexity index is 402. The summed E-state index contributed by atoms with van der Waals surface area (Å²) in [5.41, 5.74) is 0. The molecule has 1 spiro atoms. The second kappa shape index (κ2) is 6.62. The van der Waals surface area contributed by atoms with Gasteiger partial charge >= 0.3 is 5.91 Å². The fourth-order valence-corrected chi connectivity index (χ4v) is 6.73. The normalized spacial score (nSPS) is 37.0. The van der Waals surface area contributed by atoms with Gasteiger partial charge in [-0.2, -0.15) is 9.80 Å². The molecule has 4 nitrogen and oxygen atoms in total. The highest BCUT2D eigenvalue weighted by Crippen LogP contribution is 2.52. The highest BCUT2D eigenvalue weighted by atomic mass is 15.9. The molecule has 2 heterocycles. The van der Waals surface area contributed by atoms with Crippen molar-refractivity contribution in [1.82, 2.24) is 9.80 Å². The maximum atomic E-state index is 2.79. The van der Waals surface area contributed by atoms with Gasteiger partial charge in [-0.3, -0.25) is 0 Å². The average molecular weight is 327 g/mol. The Hall–Kier alpha value is -0.160. The Morgan fingerprint density at radius 1 is 0.870 bits per heavy atom. The summed E-state index contributed by atoms with van der Waals surface area (Å²) in [5, 5.41) is 0. The molecule has 3 unspecified atom stereocenters. The average Bonchev–Trinajstić information content (AvgIpc) is 3.00. The lowest BCUT2D eigenvalue weighted by Gasteiger charge is -2.58.